The molecule has 0 aliphatic carbocycles. The quantitative estimate of drug-likeness (QED) is 0.252. The number of hydrogen-bond donors (Lipinski definition) is 1. The zero-order valence-corrected chi connectivity index (χ0v) is 21.1. The normalized spacial score (nSPS) is 16.6. The van der Waals surface area contributed by atoms with E-state index in [1.165, 1.54) is 33.3 Å². The van der Waals surface area contributed by atoms with E-state index < -0.39 is 17.7 Å². The molecule has 0 unspecified atom stereocenters. The molecule has 0 spiro atoms. The van der Waals surface area contributed by atoms with Crippen LogP contribution in [-0.2, 0) is 16.1 Å². The molecule has 37 heavy (non-hydrogen) atoms. The van der Waals surface area contributed by atoms with Gasteiger partial charge in [-0.2, -0.15) is 0 Å². The Kier molecular flexibility index (Phi) is 7.66. The molecule has 1 aliphatic rings. The molecule has 1 atom stereocenters. The number of nitrogens with zero attached hydrogens (tertiary/aromatic N) is 3. The fourth-order valence-electron chi connectivity index (χ4n) is 4.46. The van der Waals surface area contributed by atoms with Crippen molar-refractivity contribution in [1.82, 2.24) is 14.5 Å². The molecule has 1 fully saturated rings. The van der Waals surface area contributed by atoms with Crippen LogP contribution in [-0.4, -0.2) is 66.2 Å². The molecule has 0 radical (unpaired) electrons. The number of aliphatic hydroxyl groups excluding tert-OH is 1. The van der Waals surface area contributed by atoms with Gasteiger partial charge in [0.05, 0.1) is 46.4 Å². The summed E-state index contributed by atoms with van der Waals surface area (Å²) in [7, 11) is 6.00. The highest BCUT2D eigenvalue weighted by Gasteiger charge is 2.46. The van der Waals surface area contributed by atoms with E-state index in [1.807, 2.05) is 10.8 Å². The van der Waals surface area contributed by atoms with Crippen LogP contribution in [0.5, 0.6) is 23.0 Å². The maximum Gasteiger partial charge on any atom is 0.295 e. The number of amides is 1. The van der Waals surface area contributed by atoms with Gasteiger partial charge in [-0.05, 0) is 48.4 Å². The van der Waals surface area contributed by atoms with Gasteiger partial charge in [-0.1, -0.05) is 0 Å². The summed E-state index contributed by atoms with van der Waals surface area (Å²) in [6, 6.07) is 9.10. The van der Waals surface area contributed by atoms with Crippen molar-refractivity contribution in [2.75, 3.05) is 35.0 Å². The van der Waals surface area contributed by atoms with E-state index in [0.717, 1.165) is 0 Å². The SMILES string of the molecule is COc1ccc(/C(O)=C2\C(=O)C(=O)N(CCCn3ccnc3)[C@@H]2c2cc(OC)c(OC)c(OC)c2)cc1. The predicted octanol–water partition coefficient (Wildman–Crippen LogP) is 3.43. The van der Waals surface area contributed by atoms with Crippen molar-refractivity contribution in [3.8, 4) is 23.0 Å². The number of Topliss-reactive ketones (excluding diaryl/α,β-unsaturated/α-hetero) is 1. The molecular weight excluding hydrogens is 478 g/mol. The van der Waals surface area contributed by atoms with Gasteiger partial charge in [0.15, 0.2) is 11.5 Å². The first kappa shape index (κ1) is 25.6. The molecule has 0 bridgehead atoms. The second kappa shape index (κ2) is 11.1. The van der Waals surface area contributed by atoms with Gasteiger partial charge in [-0.15, -0.1) is 0 Å². The Morgan fingerprint density at radius 3 is 2.16 bits per heavy atom. The lowest BCUT2D eigenvalue weighted by atomic mass is 9.94. The van der Waals surface area contributed by atoms with E-state index in [9.17, 15) is 14.7 Å². The van der Waals surface area contributed by atoms with Crippen LogP contribution in [0.25, 0.3) is 5.76 Å². The zero-order chi connectivity index (χ0) is 26.5. The Bertz CT molecular complexity index is 1280. The van der Waals surface area contributed by atoms with E-state index in [0.29, 0.717) is 47.1 Å². The third-order valence-electron chi connectivity index (χ3n) is 6.28. The number of methoxy groups -OCH3 is 4. The summed E-state index contributed by atoms with van der Waals surface area (Å²) in [5, 5.41) is 11.3. The standard InChI is InChI=1S/C27H29N3O7/c1-34-19-8-6-17(7-9-19)24(31)22-23(18-14-20(35-2)26(37-4)21(15-18)36-3)30(27(33)25(22)32)12-5-11-29-13-10-28-16-29/h6-10,13-16,23,31H,5,11-12H2,1-4H3/b24-22+/t23-/m1/s1. The van der Waals surface area contributed by atoms with Crippen molar-refractivity contribution in [2.24, 2.45) is 0 Å². The maximum absolute atomic E-state index is 13.3. The van der Waals surface area contributed by atoms with Crippen molar-refractivity contribution in [1.29, 1.82) is 0 Å². The molecule has 10 heteroatoms. The number of imidazole rings is 1. The lowest BCUT2D eigenvalue weighted by Gasteiger charge is -2.26. The largest absolute Gasteiger partial charge is 0.507 e. The molecule has 1 amide bonds. The average molecular weight is 508 g/mol. The van der Waals surface area contributed by atoms with Crippen molar-refractivity contribution in [3.05, 3.63) is 71.8 Å². The second-order valence-electron chi connectivity index (χ2n) is 8.33. The molecular formula is C27H29N3O7. The number of aliphatic hydroxyl groups is 1. The summed E-state index contributed by atoms with van der Waals surface area (Å²) >= 11 is 0. The Hall–Kier alpha value is -4.47. The highest BCUT2D eigenvalue weighted by molar-refractivity contribution is 6.46. The van der Waals surface area contributed by atoms with Crippen LogP contribution in [0.3, 0.4) is 0 Å². The minimum absolute atomic E-state index is 0.0212. The highest BCUT2D eigenvalue weighted by Crippen LogP contribution is 2.45. The smallest absolute Gasteiger partial charge is 0.295 e. The molecule has 1 saturated heterocycles. The molecule has 1 aromatic heterocycles. The number of hydrogen-bond acceptors (Lipinski definition) is 8. The van der Waals surface area contributed by atoms with E-state index in [2.05, 4.69) is 4.98 Å². The van der Waals surface area contributed by atoms with Gasteiger partial charge in [0.2, 0.25) is 5.75 Å². The van der Waals surface area contributed by atoms with Crippen LogP contribution < -0.4 is 18.9 Å². The molecule has 10 nitrogen and oxygen atoms in total. The monoisotopic (exact) mass is 507 g/mol. The van der Waals surface area contributed by atoms with Crippen LogP contribution in [0.4, 0.5) is 0 Å². The fourth-order valence-corrected chi connectivity index (χ4v) is 4.46. The van der Waals surface area contributed by atoms with Crippen LogP contribution in [0.2, 0.25) is 0 Å². The molecule has 2 aromatic carbocycles. The third-order valence-corrected chi connectivity index (χ3v) is 6.28. The molecule has 3 aromatic rings. The zero-order valence-electron chi connectivity index (χ0n) is 21.1. The topological polar surface area (TPSA) is 112 Å². The lowest BCUT2D eigenvalue weighted by Crippen LogP contribution is -2.31. The summed E-state index contributed by atoms with van der Waals surface area (Å²) < 4.78 is 23.5. The van der Waals surface area contributed by atoms with Crippen molar-refractivity contribution in [3.63, 3.8) is 0 Å². The van der Waals surface area contributed by atoms with Crippen molar-refractivity contribution >= 4 is 17.4 Å². The second-order valence-corrected chi connectivity index (χ2v) is 8.33. The van der Waals surface area contributed by atoms with Crippen LogP contribution >= 0.6 is 0 Å². The highest BCUT2D eigenvalue weighted by atomic mass is 16.5. The number of ether oxygens (including phenoxy) is 4. The van der Waals surface area contributed by atoms with E-state index in [4.69, 9.17) is 18.9 Å². The van der Waals surface area contributed by atoms with Crippen molar-refractivity contribution < 1.29 is 33.6 Å². The van der Waals surface area contributed by atoms with Crippen LogP contribution in [0, 0.1) is 0 Å². The van der Waals surface area contributed by atoms with E-state index in [-0.39, 0.29) is 17.9 Å². The number of rotatable bonds is 10. The van der Waals surface area contributed by atoms with Gasteiger partial charge in [0, 0.05) is 31.0 Å². The maximum atomic E-state index is 13.3. The van der Waals surface area contributed by atoms with E-state index >= 15 is 0 Å². The number of carbonyl (C=O) groups excluding carboxylic acids is 2. The van der Waals surface area contributed by atoms with Gasteiger partial charge in [0.25, 0.3) is 11.7 Å². The number of aryl methyl sites for hydroxylation is 1. The number of aromatic nitrogens is 2. The van der Waals surface area contributed by atoms with Gasteiger partial charge in [0.1, 0.15) is 11.5 Å². The average Bonchev–Trinajstić information content (AvgIpc) is 3.54. The Morgan fingerprint density at radius 2 is 1.62 bits per heavy atom. The van der Waals surface area contributed by atoms with Gasteiger partial charge < -0.3 is 33.5 Å². The Balaban J connectivity index is 1.82. The molecule has 194 valence electrons. The molecule has 2 heterocycles. The summed E-state index contributed by atoms with van der Waals surface area (Å²) in [5.74, 6) is -0.0414. The van der Waals surface area contributed by atoms with Gasteiger partial charge in [-0.25, -0.2) is 4.98 Å². The minimum atomic E-state index is -0.876. The number of likely N-dealkylation sites (tertiary alicyclic amines) is 1. The minimum Gasteiger partial charge on any atom is -0.507 e. The summed E-state index contributed by atoms with van der Waals surface area (Å²) in [4.78, 5) is 32.1. The predicted molar refractivity (Wildman–Crippen MR) is 135 cm³/mol. The number of benzene rings is 2. The van der Waals surface area contributed by atoms with Crippen molar-refractivity contribution in [2.45, 2.75) is 19.0 Å². The Labute approximate surface area is 214 Å². The first-order chi connectivity index (χ1) is 17.9. The summed E-state index contributed by atoms with van der Waals surface area (Å²) in [6.45, 7) is 0.868. The number of ketones is 1. The molecule has 1 aliphatic heterocycles. The molecule has 4 rings (SSSR count). The third kappa shape index (κ3) is 4.95. The Morgan fingerprint density at radius 1 is 0.946 bits per heavy atom. The van der Waals surface area contributed by atoms with Crippen LogP contribution in [0.15, 0.2) is 60.7 Å². The first-order valence-corrected chi connectivity index (χ1v) is 11.6. The van der Waals surface area contributed by atoms with Gasteiger partial charge >= 0.3 is 0 Å². The summed E-state index contributed by atoms with van der Waals surface area (Å²) in [6.07, 6.45) is 5.76. The molecule has 0 saturated carbocycles. The number of carbonyl (C=O) groups is 2. The molecule has 1 N–H and O–H groups in total. The summed E-state index contributed by atoms with van der Waals surface area (Å²) in [5.41, 5.74) is 0.896. The lowest BCUT2D eigenvalue weighted by molar-refractivity contribution is -0.139. The van der Waals surface area contributed by atoms with Gasteiger partial charge in [-0.3, -0.25) is 9.59 Å². The van der Waals surface area contributed by atoms with Crippen LogP contribution in [0.1, 0.15) is 23.6 Å². The first-order valence-electron chi connectivity index (χ1n) is 11.6. The van der Waals surface area contributed by atoms with E-state index in [1.54, 1.807) is 48.9 Å². The fraction of sp³-hybridized carbons (Fsp3) is 0.296.